The molecule has 3 N–H and O–H groups in total. The number of carboxylic acid groups (broad SMARTS) is 1. The van der Waals surface area contributed by atoms with E-state index in [9.17, 15) is 9.18 Å². The van der Waals surface area contributed by atoms with Crippen LogP contribution in [-0.2, 0) is 10.5 Å². The van der Waals surface area contributed by atoms with Gasteiger partial charge in [-0.25, -0.2) is 4.39 Å². The molecule has 1 rings (SSSR count). The molecular weight excluding hydrogens is 267 g/mol. The fourth-order valence-electron chi connectivity index (χ4n) is 1.43. The van der Waals surface area contributed by atoms with Crippen molar-refractivity contribution >= 4 is 17.7 Å². The van der Waals surface area contributed by atoms with Crippen LogP contribution in [0.5, 0.6) is 0 Å². The monoisotopic (exact) mass is 282 g/mol. The Kier molecular flexibility index (Phi) is 4.92. The number of carboxylic acids is 1. The number of rotatable bonds is 5. The van der Waals surface area contributed by atoms with Crippen molar-refractivity contribution in [2.45, 2.75) is 30.4 Å². The van der Waals surface area contributed by atoms with E-state index in [1.165, 1.54) is 30.0 Å². The molecule has 0 radical (unpaired) electrons. The number of nitrogens with zero attached hydrogens (tertiary/aromatic N) is 1. The largest absolute Gasteiger partial charge is 0.480 e. The quantitative estimate of drug-likeness (QED) is 0.863. The lowest BCUT2D eigenvalue weighted by Crippen LogP contribution is -2.46. The van der Waals surface area contributed by atoms with Crippen molar-refractivity contribution in [3.05, 3.63) is 35.1 Å². The van der Waals surface area contributed by atoms with E-state index in [0.717, 1.165) is 0 Å². The van der Waals surface area contributed by atoms with Crippen LogP contribution in [0.3, 0.4) is 0 Å². The Bertz CT molecular complexity index is 526. The number of hydrogen-bond acceptors (Lipinski definition) is 4. The molecule has 4 nitrogen and oxygen atoms in total. The van der Waals surface area contributed by atoms with Crippen molar-refractivity contribution in [2.24, 2.45) is 5.73 Å². The zero-order valence-electron chi connectivity index (χ0n) is 10.7. The van der Waals surface area contributed by atoms with E-state index in [1.807, 2.05) is 6.07 Å². The molecular formula is C13H15FN2O2S. The summed E-state index contributed by atoms with van der Waals surface area (Å²) < 4.78 is 12.3. The molecule has 0 saturated heterocycles. The summed E-state index contributed by atoms with van der Waals surface area (Å²) in [6, 6.07) is 4.89. The van der Waals surface area contributed by atoms with Gasteiger partial charge in [0.15, 0.2) is 0 Å². The average Bonchev–Trinajstić information content (AvgIpc) is 2.36. The van der Waals surface area contributed by atoms with Crippen molar-refractivity contribution in [3.8, 4) is 6.07 Å². The molecule has 0 aliphatic rings. The van der Waals surface area contributed by atoms with E-state index in [1.54, 1.807) is 13.8 Å². The van der Waals surface area contributed by atoms with Gasteiger partial charge in [-0.3, -0.25) is 4.79 Å². The van der Waals surface area contributed by atoms with Crippen LogP contribution in [-0.4, -0.2) is 21.9 Å². The fraction of sp³-hybridized carbons (Fsp3) is 0.385. The normalized spacial score (nSPS) is 12.8. The zero-order valence-corrected chi connectivity index (χ0v) is 11.5. The topological polar surface area (TPSA) is 87.1 Å². The lowest BCUT2D eigenvalue weighted by Gasteiger charge is -2.28. The molecule has 1 aromatic carbocycles. The average molecular weight is 282 g/mol. The highest BCUT2D eigenvalue weighted by Crippen LogP contribution is 2.31. The van der Waals surface area contributed by atoms with Gasteiger partial charge in [-0.1, -0.05) is 6.07 Å². The Balaban J connectivity index is 2.83. The predicted molar refractivity (Wildman–Crippen MR) is 72.1 cm³/mol. The molecule has 102 valence electrons. The van der Waals surface area contributed by atoms with E-state index in [2.05, 4.69) is 0 Å². The second-order valence-electron chi connectivity index (χ2n) is 4.62. The first-order valence-corrected chi connectivity index (χ1v) is 6.57. The third-order valence-electron chi connectivity index (χ3n) is 2.81. The van der Waals surface area contributed by atoms with Gasteiger partial charge in [0.25, 0.3) is 0 Å². The first-order chi connectivity index (χ1) is 8.77. The van der Waals surface area contributed by atoms with Crippen LogP contribution in [0.2, 0.25) is 0 Å². The molecule has 0 amide bonds. The number of benzene rings is 1. The Labute approximate surface area is 115 Å². The summed E-state index contributed by atoms with van der Waals surface area (Å²) in [5.74, 6) is -1.14. The van der Waals surface area contributed by atoms with Crippen LogP contribution in [0.15, 0.2) is 18.2 Å². The summed E-state index contributed by atoms with van der Waals surface area (Å²) in [6.45, 7) is 3.46. The molecule has 1 aromatic rings. The SMILES string of the molecule is CC(C)(SCc1ccc(F)cc1C#N)[C@@H](N)C(=O)O. The summed E-state index contributed by atoms with van der Waals surface area (Å²) in [6.07, 6.45) is 0. The van der Waals surface area contributed by atoms with Gasteiger partial charge >= 0.3 is 5.97 Å². The van der Waals surface area contributed by atoms with Gasteiger partial charge in [0.05, 0.1) is 11.6 Å². The third kappa shape index (κ3) is 3.94. The van der Waals surface area contributed by atoms with Crippen molar-refractivity contribution in [2.75, 3.05) is 0 Å². The molecule has 0 spiro atoms. The van der Waals surface area contributed by atoms with E-state index in [4.69, 9.17) is 16.1 Å². The Morgan fingerprint density at radius 3 is 2.79 bits per heavy atom. The first-order valence-electron chi connectivity index (χ1n) is 5.59. The molecule has 6 heteroatoms. The molecule has 0 fully saturated rings. The van der Waals surface area contributed by atoms with E-state index in [0.29, 0.717) is 11.3 Å². The maximum atomic E-state index is 13.0. The standard InChI is InChI=1S/C13H15FN2O2S/c1-13(2,11(16)12(17)18)19-7-8-3-4-10(14)5-9(8)6-15/h3-5,11H,7,16H2,1-2H3,(H,17,18)/t11-/m0/s1. The van der Waals surface area contributed by atoms with Crippen LogP contribution < -0.4 is 5.73 Å². The highest BCUT2D eigenvalue weighted by atomic mass is 32.2. The fourth-order valence-corrected chi connectivity index (χ4v) is 2.49. The smallest absolute Gasteiger partial charge is 0.321 e. The summed E-state index contributed by atoms with van der Waals surface area (Å²) in [4.78, 5) is 10.9. The third-order valence-corrected chi connectivity index (χ3v) is 4.26. The Hall–Kier alpha value is -1.58. The summed E-state index contributed by atoms with van der Waals surface area (Å²) in [5, 5.41) is 17.8. The molecule has 19 heavy (non-hydrogen) atoms. The van der Waals surface area contributed by atoms with Crippen molar-refractivity contribution in [1.82, 2.24) is 0 Å². The second-order valence-corrected chi connectivity index (χ2v) is 6.25. The number of carbonyl (C=O) groups is 1. The molecule has 0 aliphatic heterocycles. The van der Waals surface area contributed by atoms with Crippen LogP contribution in [0.1, 0.15) is 25.0 Å². The van der Waals surface area contributed by atoms with Gasteiger partial charge in [-0.05, 0) is 31.5 Å². The van der Waals surface area contributed by atoms with Gasteiger partial charge in [0.2, 0.25) is 0 Å². The lowest BCUT2D eigenvalue weighted by molar-refractivity contribution is -0.139. The van der Waals surface area contributed by atoms with Crippen LogP contribution in [0.4, 0.5) is 4.39 Å². The van der Waals surface area contributed by atoms with Gasteiger partial charge in [-0.2, -0.15) is 5.26 Å². The minimum atomic E-state index is -1.07. The van der Waals surface area contributed by atoms with Crippen molar-refractivity contribution in [1.29, 1.82) is 5.26 Å². The number of thioether (sulfide) groups is 1. The predicted octanol–water partition coefficient (Wildman–Crippen LogP) is 2.12. The second kappa shape index (κ2) is 6.04. The first kappa shape index (κ1) is 15.5. The minimum absolute atomic E-state index is 0.257. The van der Waals surface area contributed by atoms with E-state index >= 15 is 0 Å². The van der Waals surface area contributed by atoms with Gasteiger partial charge in [-0.15, -0.1) is 11.8 Å². The minimum Gasteiger partial charge on any atom is -0.480 e. The highest BCUT2D eigenvalue weighted by molar-refractivity contribution is 7.99. The molecule has 0 aromatic heterocycles. The number of hydrogen-bond donors (Lipinski definition) is 2. The van der Waals surface area contributed by atoms with Gasteiger partial charge < -0.3 is 10.8 Å². The number of nitriles is 1. The van der Waals surface area contributed by atoms with Crippen LogP contribution in [0, 0.1) is 17.1 Å². The van der Waals surface area contributed by atoms with Gasteiger partial charge in [0, 0.05) is 10.5 Å². The molecule has 0 bridgehead atoms. The summed E-state index contributed by atoms with van der Waals surface area (Å²) in [5.41, 5.74) is 6.53. The molecule has 0 heterocycles. The van der Waals surface area contributed by atoms with Crippen LogP contribution >= 0.6 is 11.8 Å². The maximum Gasteiger partial charge on any atom is 0.321 e. The van der Waals surface area contributed by atoms with Crippen molar-refractivity contribution < 1.29 is 14.3 Å². The highest BCUT2D eigenvalue weighted by Gasteiger charge is 2.32. The Morgan fingerprint density at radius 1 is 1.63 bits per heavy atom. The number of halogens is 1. The van der Waals surface area contributed by atoms with Crippen molar-refractivity contribution in [3.63, 3.8) is 0 Å². The number of nitrogens with two attached hydrogens (primary N) is 1. The molecule has 0 saturated carbocycles. The number of aliphatic carboxylic acids is 1. The molecule has 0 aliphatic carbocycles. The molecule has 1 atom stereocenters. The Morgan fingerprint density at radius 2 is 2.26 bits per heavy atom. The molecule has 0 unspecified atom stereocenters. The lowest BCUT2D eigenvalue weighted by atomic mass is 10.1. The maximum absolute atomic E-state index is 13.0. The summed E-state index contributed by atoms with van der Waals surface area (Å²) in [7, 11) is 0. The summed E-state index contributed by atoms with van der Waals surface area (Å²) >= 11 is 1.32. The van der Waals surface area contributed by atoms with E-state index in [-0.39, 0.29) is 5.56 Å². The zero-order chi connectivity index (χ0) is 14.6. The van der Waals surface area contributed by atoms with Crippen LogP contribution in [0.25, 0.3) is 0 Å². The van der Waals surface area contributed by atoms with Gasteiger partial charge in [0.1, 0.15) is 11.9 Å². The van der Waals surface area contributed by atoms with E-state index < -0.39 is 22.6 Å².